The number of nitrogens with one attached hydrogen (secondary N) is 2. The molecule has 33 heavy (non-hydrogen) atoms. The molecule has 9 nitrogen and oxygen atoms in total. The second kappa shape index (κ2) is 10.2. The van der Waals surface area contributed by atoms with Gasteiger partial charge < -0.3 is 29.6 Å². The molecule has 0 unspecified atom stereocenters. The number of hydrogen-bond acceptors (Lipinski definition) is 9. The first-order valence-electron chi connectivity index (χ1n) is 10.0. The van der Waals surface area contributed by atoms with E-state index in [4.69, 9.17) is 18.9 Å². The Morgan fingerprint density at radius 3 is 1.91 bits per heavy atom. The molecule has 0 saturated carbocycles. The Morgan fingerprint density at radius 1 is 0.636 bits per heavy atom. The first kappa shape index (κ1) is 21.7. The van der Waals surface area contributed by atoms with Crippen LogP contribution in [0.25, 0.3) is 0 Å². The van der Waals surface area contributed by atoms with Crippen LogP contribution in [0, 0.1) is 0 Å². The van der Waals surface area contributed by atoms with Crippen molar-refractivity contribution in [2.24, 2.45) is 0 Å². The zero-order valence-electron chi connectivity index (χ0n) is 18.4. The van der Waals surface area contributed by atoms with E-state index in [2.05, 4.69) is 25.6 Å². The van der Waals surface area contributed by atoms with Crippen LogP contribution in [-0.2, 0) is 0 Å². The lowest BCUT2D eigenvalue weighted by atomic mass is 10.2. The monoisotopic (exact) mass is 445 g/mol. The Labute approximate surface area is 191 Å². The maximum Gasteiger partial charge on any atom is 0.232 e. The van der Waals surface area contributed by atoms with Crippen LogP contribution in [0.4, 0.5) is 23.3 Å². The molecule has 0 radical (unpaired) electrons. The van der Waals surface area contributed by atoms with E-state index >= 15 is 0 Å². The highest BCUT2D eigenvalue weighted by atomic mass is 16.5. The number of benzene rings is 3. The van der Waals surface area contributed by atoms with Crippen molar-refractivity contribution in [1.29, 1.82) is 0 Å². The molecule has 3 aromatic carbocycles. The van der Waals surface area contributed by atoms with Crippen molar-refractivity contribution in [2.75, 3.05) is 32.0 Å². The van der Waals surface area contributed by atoms with Gasteiger partial charge in [0.05, 0.1) is 21.3 Å². The average Bonchev–Trinajstić information content (AvgIpc) is 2.84. The number of para-hydroxylation sites is 1. The lowest BCUT2D eigenvalue weighted by Crippen LogP contribution is -2.03. The fraction of sp³-hybridized carbons (Fsp3) is 0.125. The fourth-order valence-corrected chi connectivity index (χ4v) is 3.09. The Morgan fingerprint density at radius 2 is 1.27 bits per heavy atom. The van der Waals surface area contributed by atoms with Gasteiger partial charge in [-0.05, 0) is 24.3 Å². The summed E-state index contributed by atoms with van der Waals surface area (Å²) in [5.74, 6) is 3.70. The molecule has 2 N–H and O–H groups in total. The van der Waals surface area contributed by atoms with Gasteiger partial charge in [0, 0.05) is 29.6 Å². The summed E-state index contributed by atoms with van der Waals surface area (Å²) in [6.45, 7) is 0. The molecule has 0 aliphatic heterocycles. The van der Waals surface area contributed by atoms with Crippen molar-refractivity contribution < 1.29 is 18.9 Å². The van der Waals surface area contributed by atoms with Gasteiger partial charge in [0.1, 0.15) is 17.8 Å². The molecule has 0 spiro atoms. The largest absolute Gasteiger partial charge is 0.493 e. The molecule has 0 bridgehead atoms. The molecule has 0 aliphatic rings. The van der Waals surface area contributed by atoms with Crippen molar-refractivity contribution in [2.45, 2.75) is 0 Å². The van der Waals surface area contributed by atoms with Crippen molar-refractivity contribution in [3.63, 3.8) is 0 Å². The number of anilines is 4. The third kappa shape index (κ3) is 5.40. The zero-order chi connectivity index (χ0) is 23.0. The van der Waals surface area contributed by atoms with Gasteiger partial charge >= 0.3 is 0 Å². The number of ether oxygens (including phenoxy) is 4. The summed E-state index contributed by atoms with van der Waals surface area (Å²) in [7, 11) is 4.67. The predicted molar refractivity (Wildman–Crippen MR) is 125 cm³/mol. The predicted octanol–water partition coefficient (Wildman–Crippen LogP) is 5.18. The molecule has 9 heteroatoms. The van der Waals surface area contributed by atoms with E-state index in [-0.39, 0.29) is 0 Å². The van der Waals surface area contributed by atoms with Crippen LogP contribution >= 0.6 is 0 Å². The summed E-state index contributed by atoms with van der Waals surface area (Å²) in [5, 5.41) is 6.30. The minimum atomic E-state index is 0.346. The highest BCUT2D eigenvalue weighted by Gasteiger charge is 2.14. The van der Waals surface area contributed by atoms with E-state index in [1.54, 1.807) is 33.5 Å². The Bertz CT molecular complexity index is 1200. The van der Waals surface area contributed by atoms with E-state index in [9.17, 15) is 0 Å². The van der Waals surface area contributed by atoms with Crippen molar-refractivity contribution in [1.82, 2.24) is 15.0 Å². The molecule has 0 fully saturated rings. The van der Waals surface area contributed by atoms with Crippen molar-refractivity contribution in [3.8, 4) is 28.7 Å². The van der Waals surface area contributed by atoms with Crippen LogP contribution in [0.5, 0.6) is 28.7 Å². The normalized spacial score (nSPS) is 10.3. The second-order valence-corrected chi connectivity index (χ2v) is 6.74. The average molecular weight is 445 g/mol. The van der Waals surface area contributed by atoms with Gasteiger partial charge in [0.25, 0.3) is 0 Å². The summed E-state index contributed by atoms with van der Waals surface area (Å²) in [6.07, 6.45) is 1.42. The molecule has 0 saturated heterocycles. The lowest BCUT2D eigenvalue weighted by molar-refractivity contribution is 0.324. The fourth-order valence-electron chi connectivity index (χ4n) is 3.09. The molecule has 0 atom stereocenters. The van der Waals surface area contributed by atoms with Gasteiger partial charge in [-0.25, -0.2) is 9.97 Å². The minimum Gasteiger partial charge on any atom is -0.493 e. The summed E-state index contributed by atoms with van der Waals surface area (Å²) in [5.41, 5.74) is 1.44. The first-order valence-corrected chi connectivity index (χ1v) is 10.0. The van der Waals surface area contributed by atoms with Gasteiger partial charge in [-0.15, -0.1) is 0 Å². The Kier molecular flexibility index (Phi) is 6.70. The maximum atomic E-state index is 5.88. The number of nitrogens with zero attached hydrogens (tertiary/aromatic N) is 3. The summed E-state index contributed by atoms with van der Waals surface area (Å²) in [4.78, 5) is 12.8. The van der Waals surface area contributed by atoms with E-state index < -0.39 is 0 Å². The molecular weight excluding hydrogens is 422 g/mol. The lowest BCUT2D eigenvalue weighted by Gasteiger charge is -2.14. The smallest absolute Gasteiger partial charge is 0.232 e. The molecule has 168 valence electrons. The molecule has 4 aromatic rings. The number of methoxy groups -OCH3 is 3. The van der Waals surface area contributed by atoms with E-state index in [1.807, 2.05) is 54.6 Å². The topological polar surface area (TPSA) is 99.7 Å². The zero-order valence-corrected chi connectivity index (χ0v) is 18.4. The molecule has 1 heterocycles. The molecule has 0 amide bonds. The SMILES string of the molecule is COc1cc(Nc2ncnc(Nc3cccc(Oc4ccccc4)c3)n2)cc(OC)c1OC. The standard InChI is InChI=1S/C24H23N5O4/c1-30-20-13-17(14-21(31-2)22(20)32-3)28-24-26-15-25-23(29-24)27-16-8-7-11-19(12-16)33-18-9-5-4-6-10-18/h4-15H,1-3H3,(H2,25,26,27,28,29). The van der Waals surface area contributed by atoms with Gasteiger partial charge in [0.15, 0.2) is 11.5 Å². The van der Waals surface area contributed by atoms with Crippen LogP contribution < -0.4 is 29.6 Å². The number of hydrogen-bond donors (Lipinski definition) is 2. The third-order valence-corrected chi connectivity index (χ3v) is 4.56. The van der Waals surface area contributed by atoms with Crippen molar-refractivity contribution in [3.05, 3.63) is 73.1 Å². The van der Waals surface area contributed by atoms with Gasteiger partial charge in [-0.1, -0.05) is 24.3 Å². The quantitative estimate of drug-likeness (QED) is 0.361. The summed E-state index contributed by atoms with van der Waals surface area (Å²) >= 11 is 0. The van der Waals surface area contributed by atoms with Crippen LogP contribution in [0.15, 0.2) is 73.1 Å². The van der Waals surface area contributed by atoms with Crippen LogP contribution in [0.2, 0.25) is 0 Å². The summed E-state index contributed by atoms with van der Waals surface area (Å²) < 4.78 is 22.0. The third-order valence-electron chi connectivity index (χ3n) is 4.56. The number of rotatable bonds is 9. The first-order chi connectivity index (χ1) is 16.2. The number of aromatic nitrogens is 3. The van der Waals surface area contributed by atoms with Crippen LogP contribution in [0.3, 0.4) is 0 Å². The summed E-state index contributed by atoms with van der Waals surface area (Å²) in [6, 6.07) is 20.6. The van der Waals surface area contributed by atoms with Gasteiger partial charge in [0.2, 0.25) is 17.6 Å². The molecular formula is C24H23N5O4. The second-order valence-electron chi connectivity index (χ2n) is 6.74. The Balaban J connectivity index is 1.50. The molecule has 0 aliphatic carbocycles. The van der Waals surface area contributed by atoms with E-state index in [0.717, 1.165) is 11.4 Å². The van der Waals surface area contributed by atoms with Crippen molar-refractivity contribution >= 4 is 23.3 Å². The van der Waals surface area contributed by atoms with Crippen LogP contribution in [0.1, 0.15) is 0 Å². The van der Waals surface area contributed by atoms with Crippen LogP contribution in [-0.4, -0.2) is 36.3 Å². The van der Waals surface area contributed by atoms with E-state index in [0.29, 0.717) is 40.6 Å². The van der Waals surface area contributed by atoms with E-state index in [1.165, 1.54) is 6.33 Å². The minimum absolute atomic E-state index is 0.346. The highest BCUT2D eigenvalue weighted by Crippen LogP contribution is 2.40. The molecule has 1 aromatic heterocycles. The highest BCUT2D eigenvalue weighted by molar-refractivity contribution is 5.66. The Hall–Kier alpha value is -4.53. The molecule has 4 rings (SSSR count). The maximum absolute atomic E-state index is 5.88. The van der Waals surface area contributed by atoms with Gasteiger partial charge in [-0.2, -0.15) is 4.98 Å². The van der Waals surface area contributed by atoms with Gasteiger partial charge in [-0.3, -0.25) is 0 Å².